The number of halogens is 6. The summed E-state index contributed by atoms with van der Waals surface area (Å²) in [5.41, 5.74) is -7.62. The fourth-order valence-electron chi connectivity index (χ4n) is 1.89. The second-order valence-corrected chi connectivity index (χ2v) is 6.19. The summed E-state index contributed by atoms with van der Waals surface area (Å²) in [5, 5.41) is 9.47. The van der Waals surface area contributed by atoms with Gasteiger partial charge < -0.3 is 14.6 Å². The van der Waals surface area contributed by atoms with Crippen LogP contribution >= 0.6 is 0 Å². The topological polar surface area (TPSA) is 55.8 Å². The first kappa shape index (κ1) is 22.1. The molecular weight excluding hydrogens is 370 g/mol. The molecule has 148 valence electrons. The van der Waals surface area contributed by atoms with Crippen LogP contribution in [-0.4, -0.2) is 30.5 Å². The molecule has 1 aromatic rings. The molecular formula is C16H18F6O4. The molecule has 0 fully saturated rings. The van der Waals surface area contributed by atoms with Crippen molar-refractivity contribution in [3.8, 4) is 11.5 Å². The number of rotatable bonds is 5. The van der Waals surface area contributed by atoms with E-state index in [2.05, 4.69) is 4.74 Å². The Balaban J connectivity index is 3.43. The van der Waals surface area contributed by atoms with Crippen LogP contribution in [0.3, 0.4) is 0 Å². The Labute approximate surface area is 145 Å². The van der Waals surface area contributed by atoms with Gasteiger partial charge in [-0.05, 0) is 32.4 Å². The Morgan fingerprint density at radius 2 is 1.58 bits per heavy atom. The number of carbonyl (C=O) groups is 1. The molecule has 0 aliphatic carbocycles. The van der Waals surface area contributed by atoms with E-state index in [0.717, 1.165) is 13.2 Å². The Hall–Kier alpha value is -1.97. The fraction of sp³-hybridized carbons (Fsp3) is 0.562. The predicted octanol–water partition coefficient (Wildman–Crippen LogP) is 4.35. The number of hydrogen-bond acceptors (Lipinski definition) is 4. The molecule has 1 N–H and O–H groups in total. The molecule has 1 rings (SSSR count). The normalized spacial score (nSPS) is 13.5. The molecule has 0 aromatic heterocycles. The van der Waals surface area contributed by atoms with Crippen LogP contribution in [0.4, 0.5) is 26.3 Å². The summed E-state index contributed by atoms with van der Waals surface area (Å²) in [6, 6.07) is 1.77. The lowest BCUT2D eigenvalue weighted by molar-refractivity contribution is -0.376. The number of methoxy groups -OCH3 is 1. The van der Waals surface area contributed by atoms with Crippen molar-refractivity contribution < 1.29 is 45.7 Å². The standard InChI is InChI=1S/C16H18F6O4/c1-5-13(2,3)12(23)26-9-6-7-10(11(8-9)25-4)14(24,15(17,18)19)16(20,21)22/h6-8,24H,5H2,1-4H3. The maximum absolute atomic E-state index is 13.0. The van der Waals surface area contributed by atoms with Crippen LogP contribution in [-0.2, 0) is 10.4 Å². The van der Waals surface area contributed by atoms with Crippen molar-refractivity contribution in [2.45, 2.75) is 45.1 Å². The summed E-state index contributed by atoms with van der Waals surface area (Å²) < 4.78 is 87.6. The van der Waals surface area contributed by atoms with Crippen LogP contribution in [0.15, 0.2) is 18.2 Å². The lowest BCUT2D eigenvalue weighted by Gasteiger charge is -2.33. The molecule has 0 radical (unpaired) electrons. The Bertz CT molecular complexity index is 650. The van der Waals surface area contributed by atoms with E-state index < -0.39 is 40.7 Å². The number of aliphatic hydroxyl groups is 1. The van der Waals surface area contributed by atoms with Crippen LogP contribution in [0.1, 0.15) is 32.8 Å². The van der Waals surface area contributed by atoms with Gasteiger partial charge in [-0.1, -0.05) is 6.92 Å². The highest BCUT2D eigenvalue weighted by Crippen LogP contribution is 2.52. The Morgan fingerprint density at radius 1 is 1.08 bits per heavy atom. The zero-order chi connectivity index (χ0) is 20.6. The highest BCUT2D eigenvalue weighted by Gasteiger charge is 2.72. The highest BCUT2D eigenvalue weighted by molar-refractivity contribution is 5.78. The van der Waals surface area contributed by atoms with Crippen LogP contribution < -0.4 is 9.47 Å². The minimum absolute atomic E-state index is 0.316. The maximum Gasteiger partial charge on any atom is 0.430 e. The molecule has 0 bridgehead atoms. The van der Waals surface area contributed by atoms with Crippen molar-refractivity contribution in [3.05, 3.63) is 23.8 Å². The van der Waals surface area contributed by atoms with Gasteiger partial charge >= 0.3 is 18.3 Å². The van der Waals surface area contributed by atoms with Crippen molar-refractivity contribution in [2.75, 3.05) is 7.11 Å². The van der Waals surface area contributed by atoms with Crippen molar-refractivity contribution in [3.63, 3.8) is 0 Å². The van der Waals surface area contributed by atoms with Gasteiger partial charge in [-0.3, -0.25) is 4.79 Å². The van der Waals surface area contributed by atoms with E-state index in [4.69, 9.17) is 4.74 Å². The lowest BCUT2D eigenvalue weighted by Crippen LogP contribution is -2.54. The van der Waals surface area contributed by atoms with Gasteiger partial charge in [0.2, 0.25) is 0 Å². The predicted molar refractivity (Wildman–Crippen MR) is 78.7 cm³/mol. The number of ether oxygens (including phenoxy) is 2. The third-order valence-electron chi connectivity index (χ3n) is 4.03. The molecule has 4 nitrogen and oxygen atoms in total. The number of hydrogen-bond donors (Lipinski definition) is 1. The first-order valence-electron chi connectivity index (χ1n) is 7.38. The lowest BCUT2D eigenvalue weighted by atomic mass is 9.90. The maximum atomic E-state index is 13.0. The zero-order valence-electron chi connectivity index (χ0n) is 14.4. The molecule has 0 aliphatic heterocycles. The SMILES string of the molecule is CCC(C)(C)C(=O)Oc1ccc(C(O)(C(F)(F)F)C(F)(F)F)c(OC)c1. The minimum Gasteiger partial charge on any atom is -0.496 e. The van der Waals surface area contributed by atoms with E-state index >= 15 is 0 Å². The molecule has 0 aliphatic rings. The molecule has 0 spiro atoms. The largest absolute Gasteiger partial charge is 0.496 e. The molecule has 0 unspecified atom stereocenters. The van der Waals surface area contributed by atoms with Crippen molar-refractivity contribution in [1.82, 2.24) is 0 Å². The van der Waals surface area contributed by atoms with Crippen molar-refractivity contribution in [1.29, 1.82) is 0 Å². The van der Waals surface area contributed by atoms with Gasteiger partial charge in [0, 0.05) is 11.6 Å². The first-order valence-corrected chi connectivity index (χ1v) is 7.38. The summed E-state index contributed by atoms with van der Waals surface area (Å²) in [6.45, 7) is 4.83. The van der Waals surface area contributed by atoms with E-state index in [-0.39, 0.29) is 5.75 Å². The third-order valence-corrected chi connectivity index (χ3v) is 4.03. The zero-order valence-corrected chi connectivity index (χ0v) is 14.4. The van der Waals surface area contributed by atoms with Gasteiger partial charge in [-0.25, -0.2) is 0 Å². The van der Waals surface area contributed by atoms with Gasteiger partial charge in [-0.2, -0.15) is 26.3 Å². The average molecular weight is 388 g/mol. The van der Waals surface area contributed by atoms with Gasteiger partial charge in [0.05, 0.1) is 12.5 Å². The van der Waals surface area contributed by atoms with Gasteiger partial charge in [0.25, 0.3) is 5.60 Å². The third kappa shape index (κ3) is 3.89. The van der Waals surface area contributed by atoms with Crippen LogP contribution in [0.5, 0.6) is 11.5 Å². The minimum atomic E-state index is -6.05. The van der Waals surface area contributed by atoms with E-state index in [1.807, 2.05) is 0 Å². The average Bonchev–Trinajstić information content (AvgIpc) is 2.51. The quantitative estimate of drug-likeness (QED) is 0.463. The second kappa shape index (κ2) is 6.98. The summed E-state index contributed by atoms with van der Waals surface area (Å²) in [7, 11) is 0.827. The molecule has 0 saturated heterocycles. The summed E-state index contributed by atoms with van der Waals surface area (Å²) in [5.74, 6) is -1.97. The monoisotopic (exact) mass is 388 g/mol. The molecule has 10 heteroatoms. The number of alkyl halides is 6. The van der Waals surface area contributed by atoms with Crippen LogP contribution in [0, 0.1) is 5.41 Å². The summed E-state index contributed by atoms with van der Waals surface area (Å²) in [4.78, 5) is 12.0. The summed E-state index contributed by atoms with van der Waals surface area (Å²) >= 11 is 0. The van der Waals surface area contributed by atoms with E-state index in [1.165, 1.54) is 0 Å². The van der Waals surface area contributed by atoms with E-state index in [9.17, 15) is 36.2 Å². The molecule has 0 saturated carbocycles. The Kier molecular flexibility index (Phi) is 5.92. The molecule has 1 aromatic carbocycles. The van der Waals surface area contributed by atoms with E-state index in [0.29, 0.717) is 18.6 Å². The number of benzene rings is 1. The molecule has 0 heterocycles. The van der Waals surface area contributed by atoms with E-state index in [1.54, 1.807) is 20.8 Å². The van der Waals surface area contributed by atoms with Crippen molar-refractivity contribution >= 4 is 5.97 Å². The molecule has 26 heavy (non-hydrogen) atoms. The molecule has 0 atom stereocenters. The number of carbonyl (C=O) groups excluding carboxylic acids is 1. The van der Waals surface area contributed by atoms with Crippen LogP contribution in [0.25, 0.3) is 0 Å². The smallest absolute Gasteiger partial charge is 0.430 e. The Morgan fingerprint density at radius 3 is 1.96 bits per heavy atom. The second-order valence-electron chi connectivity index (χ2n) is 6.19. The highest BCUT2D eigenvalue weighted by atomic mass is 19.4. The van der Waals surface area contributed by atoms with Crippen LogP contribution in [0.2, 0.25) is 0 Å². The number of esters is 1. The molecule has 0 amide bonds. The van der Waals surface area contributed by atoms with Gasteiger partial charge in [0.1, 0.15) is 11.5 Å². The summed E-state index contributed by atoms with van der Waals surface area (Å²) in [6.07, 6.45) is -11.7. The van der Waals surface area contributed by atoms with Crippen molar-refractivity contribution in [2.24, 2.45) is 5.41 Å². The first-order chi connectivity index (χ1) is 11.6. The fourth-order valence-corrected chi connectivity index (χ4v) is 1.89. The van der Waals surface area contributed by atoms with Gasteiger partial charge in [-0.15, -0.1) is 0 Å². The van der Waals surface area contributed by atoms with Gasteiger partial charge in [0.15, 0.2) is 0 Å².